The summed E-state index contributed by atoms with van der Waals surface area (Å²) >= 11 is 0. The van der Waals surface area contributed by atoms with E-state index >= 15 is 0 Å². The van der Waals surface area contributed by atoms with E-state index < -0.39 is 18.0 Å². The molecule has 0 saturated heterocycles. The van der Waals surface area contributed by atoms with Crippen LogP contribution in [0.25, 0.3) is 0 Å². The summed E-state index contributed by atoms with van der Waals surface area (Å²) in [5.41, 5.74) is -0.741. The van der Waals surface area contributed by atoms with Gasteiger partial charge < -0.3 is 9.67 Å². The van der Waals surface area contributed by atoms with Crippen molar-refractivity contribution in [2.45, 2.75) is 31.2 Å². The highest BCUT2D eigenvalue weighted by Gasteiger charge is 2.39. The van der Waals surface area contributed by atoms with Crippen molar-refractivity contribution in [3.8, 4) is 0 Å². The van der Waals surface area contributed by atoms with Crippen LogP contribution >= 0.6 is 0 Å². The van der Waals surface area contributed by atoms with Gasteiger partial charge in [0.1, 0.15) is 5.69 Å². The normalized spacial score (nSPS) is 27.4. The third kappa shape index (κ3) is 1.50. The Morgan fingerprint density at radius 3 is 2.57 bits per heavy atom. The molecule has 0 aliphatic heterocycles. The van der Waals surface area contributed by atoms with Crippen molar-refractivity contribution in [2.75, 3.05) is 0 Å². The van der Waals surface area contributed by atoms with Gasteiger partial charge in [-0.25, -0.2) is 4.98 Å². The number of aliphatic hydroxyl groups is 1. The monoisotopic (exact) mass is 206 g/mol. The minimum absolute atomic E-state index is 0.260. The maximum Gasteiger partial charge on any atom is 0.433 e. The summed E-state index contributed by atoms with van der Waals surface area (Å²) in [5.74, 6) is 0. The molecule has 3 nitrogen and oxygen atoms in total. The fourth-order valence-corrected chi connectivity index (χ4v) is 1.60. The Labute approximate surface area is 78.2 Å². The molecule has 0 aromatic carbocycles. The first-order valence-corrected chi connectivity index (χ1v) is 4.25. The molecule has 0 atom stereocenters. The van der Waals surface area contributed by atoms with E-state index in [1.165, 1.54) is 6.33 Å². The fraction of sp³-hybridized carbons (Fsp3) is 0.625. The lowest BCUT2D eigenvalue weighted by Crippen LogP contribution is -2.32. The minimum Gasteiger partial charge on any atom is -0.393 e. The molecule has 6 heteroatoms. The van der Waals surface area contributed by atoms with Gasteiger partial charge in [-0.2, -0.15) is 13.2 Å². The average Bonchev–Trinajstić information content (AvgIpc) is 2.44. The standard InChI is InChI=1S/C8H9F3N2O/c9-8(10,11)7-3-12-4-13(7)5-1-6(14)2-5/h3-6,14H,1-2H2. The van der Waals surface area contributed by atoms with Crippen LogP contribution < -0.4 is 0 Å². The zero-order valence-corrected chi connectivity index (χ0v) is 7.20. The number of alkyl halides is 3. The average molecular weight is 206 g/mol. The Bertz CT molecular complexity index is 328. The van der Waals surface area contributed by atoms with Crippen molar-refractivity contribution in [1.29, 1.82) is 0 Å². The fourth-order valence-electron chi connectivity index (χ4n) is 1.60. The zero-order chi connectivity index (χ0) is 10.3. The van der Waals surface area contributed by atoms with E-state index in [0.717, 1.165) is 10.8 Å². The van der Waals surface area contributed by atoms with Gasteiger partial charge in [0.15, 0.2) is 0 Å². The van der Waals surface area contributed by atoms with E-state index in [4.69, 9.17) is 5.11 Å². The highest BCUT2D eigenvalue weighted by Crippen LogP contribution is 2.37. The summed E-state index contributed by atoms with van der Waals surface area (Å²) in [7, 11) is 0. The zero-order valence-electron chi connectivity index (χ0n) is 7.20. The van der Waals surface area contributed by atoms with E-state index in [9.17, 15) is 13.2 Å². The molecule has 0 amide bonds. The highest BCUT2D eigenvalue weighted by molar-refractivity contribution is 5.06. The van der Waals surface area contributed by atoms with Crippen LogP contribution in [-0.2, 0) is 6.18 Å². The van der Waals surface area contributed by atoms with Crippen molar-refractivity contribution < 1.29 is 18.3 Å². The lowest BCUT2D eigenvalue weighted by Gasteiger charge is -2.33. The van der Waals surface area contributed by atoms with Crippen LogP contribution in [-0.4, -0.2) is 20.8 Å². The number of aromatic nitrogens is 2. The van der Waals surface area contributed by atoms with Gasteiger partial charge in [0, 0.05) is 6.04 Å². The van der Waals surface area contributed by atoms with Gasteiger partial charge in [-0.1, -0.05) is 0 Å². The SMILES string of the molecule is OC1CC(n2cncc2C(F)(F)F)C1. The third-order valence-corrected chi connectivity index (χ3v) is 2.44. The summed E-state index contributed by atoms with van der Waals surface area (Å²) < 4.78 is 38.2. The predicted octanol–water partition coefficient (Wildman–Crippen LogP) is 1.60. The van der Waals surface area contributed by atoms with Gasteiger partial charge >= 0.3 is 6.18 Å². The molecule has 1 aromatic heterocycles. The van der Waals surface area contributed by atoms with Crippen LogP contribution in [0.4, 0.5) is 13.2 Å². The summed E-state index contributed by atoms with van der Waals surface area (Å²) in [6, 6.07) is -0.260. The molecule has 1 heterocycles. The second kappa shape index (κ2) is 2.98. The van der Waals surface area contributed by atoms with Crippen molar-refractivity contribution >= 4 is 0 Å². The summed E-state index contributed by atoms with van der Waals surface area (Å²) in [5, 5.41) is 9.00. The number of rotatable bonds is 1. The summed E-state index contributed by atoms with van der Waals surface area (Å²) in [6.45, 7) is 0. The third-order valence-electron chi connectivity index (χ3n) is 2.44. The smallest absolute Gasteiger partial charge is 0.393 e. The number of nitrogens with zero attached hydrogens (tertiary/aromatic N) is 2. The Kier molecular flexibility index (Phi) is 2.02. The van der Waals surface area contributed by atoms with Gasteiger partial charge in [0.25, 0.3) is 0 Å². The maximum absolute atomic E-state index is 12.4. The summed E-state index contributed by atoms with van der Waals surface area (Å²) in [6.07, 6.45) is -2.11. The Morgan fingerprint density at radius 1 is 1.43 bits per heavy atom. The Hall–Kier alpha value is -1.04. The quantitative estimate of drug-likeness (QED) is 0.757. The van der Waals surface area contributed by atoms with Crippen LogP contribution in [0.1, 0.15) is 24.6 Å². The maximum atomic E-state index is 12.4. The number of hydrogen-bond donors (Lipinski definition) is 1. The molecule has 1 aromatic rings. The van der Waals surface area contributed by atoms with Gasteiger partial charge in [-0.05, 0) is 12.8 Å². The van der Waals surface area contributed by atoms with Gasteiger partial charge in [0.2, 0.25) is 0 Å². The molecular formula is C8H9F3N2O. The van der Waals surface area contributed by atoms with Crippen LogP contribution in [0, 0.1) is 0 Å². The topological polar surface area (TPSA) is 38.0 Å². The molecule has 78 valence electrons. The molecule has 0 bridgehead atoms. The van der Waals surface area contributed by atoms with E-state index in [1.807, 2.05) is 0 Å². The van der Waals surface area contributed by atoms with Crippen molar-refractivity contribution in [1.82, 2.24) is 9.55 Å². The molecule has 1 aliphatic carbocycles. The lowest BCUT2D eigenvalue weighted by atomic mass is 9.89. The van der Waals surface area contributed by atoms with Crippen molar-refractivity contribution in [3.63, 3.8) is 0 Å². The number of hydrogen-bond acceptors (Lipinski definition) is 2. The predicted molar refractivity (Wildman–Crippen MR) is 41.5 cm³/mol. The molecule has 0 spiro atoms. The highest BCUT2D eigenvalue weighted by atomic mass is 19.4. The molecular weight excluding hydrogens is 197 g/mol. The van der Waals surface area contributed by atoms with E-state index in [2.05, 4.69) is 4.98 Å². The van der Waals surface area contributed by atoms with Crippen molar-refractivity contribution in [2.24, 2.45) is 0 Å². The first kappa shape index (κ1) is 9.51. The molecule has 14 heavy (non-hydrogen) atoms. The molecule has 1 aliphatic rings. The molecule has 1 saturated carbocycles. The van der Waals surface area contributed by atoms with Gasteiger partial charge in [0.05, 0.1) is 18.6 Å². The summed E-state index contributed by atoms with van der Waals surface area (Å²) in [4.78, 5) is 3.48. The first-order valence-electron chi connectivity index (χ1n) is 4.25. The lowest BCUT2D eigenvalue weighted by molar-refractivity contribution is -0.145. The van der Waals surface area contributed by atoms with Crippen LogP contribution in [0.3, 0.4) is 0 Å². The number of halogens is 3. The molecule has 0 unspecified atom stereocenters. The molecule has 1 N–H and O–H groups in total. The molecule has 1 fully saturated rings. The number of aliphatic hydroxyl groups excluding tert-OH is 1. The molecule has 0 radical (unpaired) electrons. The first-order chi connectivity index (χ1) is 6.48. The second-order valence-corrected chi connectivity index (χ2v) is 3.46. The van der Waals surface area contributed by atoms with Crippen molar-refractivity contribution in [3.05, 3.63) is 18.2 Å². The number of imidazole rings is 1. The van der Waals surface area contributed by atoms with Crippen LogP contribution in [0.5, 0.6) is 0 Å². The second-order valence-electron chi connectivity index (χ2n) is 3.46. The van der Waals surface area contributed by atoms with Crippen LogP contribution in [0.15, 0.2) is 12.5 Å². The van der Waals surface area contributed by atoms with E-state index in [1.54, 1.807) is 0 Å². The molecule has 2 rings (SSSR count). The van der Waals surface area contributed by atoms with E-state index in [0.29, 0.717) is 12.8 Å². The van der Waals surface area contributed by atoms with Crippen LogP contribution in [0.2, 0.25) is 0 Å². The van der Waals surface area contributed by atoms with Gasteiger partial charge in [-0.3, -0.25) is 0 Å². The minimum atomic E-state index is -4.36. The Morgan fingerprint density at radius 2 is 2.07 bits per heavy atom. The van der Waals surface area contributed by atoms with Gasteiger partial charge in [-0.15, -0.1) is 0 Å². The largest absolute Gasteiger partial charge is 0.433 e. The van der Waals surface area contributed by atoms with E-state index in [-0.39, 0.29) is 6.04 Å². The Balaban J connectivity index is 2.22.